The monoisotopic (exact) mass is 617 g/mol. The van der Waals surface area contributed by atoms with E-state index in [2.05, 4.69) is 38.4 Å². The summed E-state index contributed by atoms with van der Waals surface area (Å²) >= 11 is 2.10. The summed E-state index contributed by atoms with van der Waals surface area (Å²) < 4.78 is 23.0. The minimum atomic E-state index is -0.399. The molecule has 2 amide bonds. The minimum absolute atomic E-state index is 0.180. The van der Waals surface area contributed by atoms with Gasteiger partial charge in [-0.2, -0.15) is 5.10 Å². The number of nitrogens with one attached hydrogen (secondary N) is 2. The number of hydrazone groups is 1. The van der Waals surface area contributed by atoms with E-state index in [-0.39, 0.29) is 12.5 Å². The lowest BCUT2D eigenvalue weighted by Crippen LogP contribution is -2.20. The van der Waals surface area contributed by atoms with Crippen LogP contribution in [0.2, 0.25) is 0 Å². The SMILES string of the molecule is CCOc1cc(C(=O)N/N=C/c2cc(I)c(OCC(=O)Nc3ccccc3)c(OCC)c2)ccc1OC. The van der Waals surface area contributed by atoms with Gasteiger partial charge >= 0.3 is 0 Å². The minimum Gasteiger partial charge on any atom is -0.493 e. The van der Waals surface area contributed by atoms with Crippen LogP contribution in [0.4, 0.5) is 5.69 Å². The van der Waals surface area contributed by atoms with Crippen molar-refractivity contribution in [3.05, 3.63) is 75.4 Å². The van der Waals surface area contributed by atoms with E-state index in [1.807, 2.05) is 38.1 Å². The lowest BCUT2D eigenvalue weighted by molar-refractivity contribution is -0.118. The van der Waals surface area contributed by atoms with E-state index >= 15 is 0 Å². The molecular weight excluding hydrogens is 589 g/mol. The number of rotatable bonds is 12. The highest BCUT2D eigenvalue weighted by atomic mass is 127. The van der Waals surface area contributed by atoms with Crippen LogP contribution in [0.25, 0.3) is 0 Å². The number of methoxy groups -OCH3 is 1. The molecule has 0 aliphatic heterocycles. The number of benzene rings is 3. The Kier molecular flexibility index (Phi) is 10.6. The molecule has 0 spiro atoms. The molecule has 0 aromatic heterocycles. The van der Waals surface area contributed by atoms with Crippen LogP contribution in [0.1, 0.15) is 29.8 Å². The second-order valence-corrected chi connectivity index (χ2v) is 8.63. The predicted molar refractivity (Wildman–Crippen MR) is 150 cm³/mol. The lowest BCUT2D eigenvalue weighted by atomic mass is 10.2. The number of carbonyl (C=O) groups excluding carboxylic acids is 2. The van der Waals surface area contributed by atoms with E-state index in [1.54, 1.807) is 36.4 Å². The van der Waals surface area contributed by atoms with Crippen LogP contribution < -0.4 is 29.7 Å². The lowest BCUT2D eigenvalue weighted by Gasteiger charge is -2.14. The van der Waals surface area contributed by atoms with Crippen LogP contribution >= 0.6 is 22.6 Å². The fourth-order valence-corrected chi connectivity index (χ4v) is 4.02. The molecule has 10 heteroatoms. The Morgan fingerprint density at radius 3 is 2.35 bits per heavy atom. The third kappa shape index (κ3) is 8.10. The fraction of sp³-hybridized carbons (Fsp3) is 0.222. The number of halogens is 1. The Morgan fingerprint density at radius 2 is 1.65 bits per heavy atom. The van der Waals surface area contributed by atoms with Gasteiger partial charge in [0.1, 0.15) is 0 Å². The summed E-state index contributed by atoms with van der Waals surface area (Å²) in [5.41, 5.74) is 4.26. The first-order valence-corrected chi connectivity index (χ1v) is 12.6. The quantitative estimate of drug-likeness (QED) is 0.171. The average molecular weight is 617 g/mol. The molecule has 2 N–H and O–H groups in total. The molecule has 0 unspecified atom stereocenters. The number of amides is 2. The second kappa shape index (κ2) is 14.1. The molecule has 0 aliphatic carbocycles. The highest BCUT2D eigenvalue weighted by Crippen LogP contribution is 2.34. The van der Waals surface area contributed by atoms with E-state index < -0.39 is 5.91 Å². The van der Waals surface area contributed by atoms with Crippen molar-refractivity contribution in [2.45, 2.75) is 13.8 Å². The Bertz CT molecular complexity index is 1250. The molecule has 0 saturated heterocycles. The van der Waals surface area contributed by atoms with E-state index in [0.29, 0.717) is 53.0 Å². The van der Waals surface area contributed by atoms with E-state index in [1.165, 1.54) is 13.3 Å². The second-order valence-electron chi connectivity index (χ2n) is 7.46. The van der Waals surface area contributed by atoms with Crippen molar-refractivity contribution in [1.29, 1.82) is 0 Å². The molecule has 3 rings (SSSR count). The van der Waals surface area contributed by atoms with Crippen molar-refractivity contribution in [1.82, 2.24) is 5.43 Å². The van der Waals surface area contributed by atoms with Gasteiger partial charge in [-0.05, 0) is 84.5 Å². The zero-order valence-electron chi connectivity index (χ0n) is 20.7. The molecule has 3 aromatic rings. The molecule has 0 heterocycles. The number of para-hydroxylation sites is 1. The van der Waals surface area contributed by atoms with Crippen molar-refractivity contribution in [3.8, 4) is 23.0 Å². The number of ether oxygens (including phenoxy) is 4. The molecule has 194 valence electrons. The largest absolute Gasteiger partial charge is 0.493 e. The zero-order chi connectivity index (χ0) is 26.6. The Hall–Kier alpha value is -3.80. The van der Waals surface area contributed by atoms with Crippen LogP contribution in [0.15, 0.2) is 65.8 Å². The molecule has 9 nitrogen and oxygen atoms in total. The first-order valence-electron chi connectivity index (χ1n) is 11.5. The van der Waals surface area contributed by atoms with Gasteiger partial charge in [0.25, 0.3) is 11.8 Å². The van der Waals surface area contributed by atoms with Gasteiger partial charge in [-0.15, -0.1) is 0 Å². The van der Waals surface area contributed by atoms with Crippen molar-refractivity contribution >= 4 is 46.3 Å². The van der Waals surface area contributed by atoms with E-state index in [9.17, 15) is 9.59 Å². The third-order valence-corrected chi connectivity index (χ3v) is 5.64. The van der Waals surface area contributed by atoms with Crippen molar-refractivity contribution in [2.24, 2.45) is 5.10 Å². The summed E-state index contributed by atoms with van der Waals surface area (Å²) in [6.07, 6.45) is 1.50. The number of anilines is 1. The van der Waals surface area contributed by atoms with Crippen molar-refractivity contribution in [2.75, 3.05) is 32.2 Å². The van der Waals surface area contributed by atoms with Gasteiger partial charge in [-0.25, -0.2) is 5.43 Å². The zero-order valence-corrected chi connectivity index (χ0v) is 22.9. The molecule has 3 aromatic carbocycles. The molecule has 0 atom stereocenters. The highest BCUT2D eigenvalue weighted by molar-refractivity contribution is 14.1. The summed E-state index contributed by atoms with van der Waals surface area (Å²) in [6, 6.07) is 17.6. The Labute approximate surface area is 229 Å². The van der Waals surface area contributed by atoms with Crippen LogP contribution in [-0.2, 0) is 4.79 Å². The standard InChI is InChI=1S/C27H28IN3O6/c1-4-35-23-15-19(11-12-22(23)34-3)27(33)31-29-16-18-13-21(28)26(24(14-18)36-5-2)37-17-25(32)30-20-9-7-6-8-10-20/h6-16H,4-5,17H2,1-3H3,(H,30,32)(H,31,33)/b29-16+. The summed E-state index contributed by atoms with van der Waals surface area (Å²) in [7, 11) is 1.54. The number of nitrogens with zero attached hydrogens (tertiary/aromatic N) is 1. The van der Waals surface area contributed by atoms with Gasteiger partial charge in [0.15, 0.2) is 29.6 Å². The topological polar surface area (TPSA) is 107 Å². The smallest absolute Gasteiger partial charge is 0.271 e. The first-order chi connectivity index (χ1) is 17.9. The van der Waals surface area contributed by atoms with Crippen molar-refractivity contribution in [3.63, 3.8) is 0 Å². The van der Waals surface area contributed by atoms with Gasteiger partial charge in [-0.3, -0.25) is 9.59 Å². The van der Waals surface area contributed by atoms with Gasteiger partial charge in [-0.1, -0.05) is 18.2 Å². The summed E-state index contributed by atoms with van der Waals surface area (Å²) in [5, 5.41) is 6.85. The van der Waals surface area contributed by atoms with Gasteiger partial charge in [0, 0.05) is 11.3 Å². The van der Waals surface area contributed by atoms with E-state index in [0.717, 1.165) is 3.57 Å². The molecule has 0 aliphatic rings. The maximum atomic E-state index is 12.6. The van der Waals surface area contributed by atoms with Crippen molar-refractivity contribution < 1.29 is 28.5 Å². The molecule has 37 heavy (non-hydrogen) atoms. The number of hydrogen-bond donors (Lipinski definition) is 2. The first kappa shape index (κ1) is 27.8. The molecule has 0 bridgehead atoms. The number of hydrogen-bond acceptors (Lipinski definition) is 7. The van der Waals surface area contributed by atoms with Gasteiger partial charge in [0.2, 0.25) is 0 Å². The molecule has 0 radical (unpaired) electrons. The van der Waals surface area contributed by atoms with Crippen LogP contribution in [0, 0.1) is 3.57 Å². The third-order valence-electron chi connectivity index (χ3n) is 4.84. The van der Waals surface area contributed by atoms with Crippen LogP contribution in [0.5, 0.6) is 23.0 Å². The van der Waals surface area contributed by atoms with Gasteiger partial charge < -0.3 is 24.3 Å². The Balaban J connectivity index is 1.67. The summed E-state index contributed by atoms with van der Waals surface area (Å²) in [4.78, 5) is 24.8. The Morgan fingerprint density at radius 1 is 0.919 bits per heavy atom. The molecule has 0 saturated carbocycles. The summed E-state index contributed by atoms with van der Waals surface area (Å²) in [6.45, 7) is 4.37. The maximum absolute atomic E-state index is 12.6. The number of carbonyl (C=O) groups is 2. The summed E-state index contributed by atoms with van der Waals surface area (Å²) in [5.74, 6) is 1.25. The predicted octanol–water partition coefficient (Wildman–Crippen LogP) is 4.88. The average Bonchev–Trinajstić information content (AvgIpc) is 2.89. The van der Waals surface area contributed by atoms with Crippen LogP contribution in [-0.4, -0.2) is 45.0 Å². The fourth-order valence-electron chi connectivity index (χ4n) is 3.24. The highest BCUT2D eigenvalue weighted by Gasteiger charge is 2.14. The van der Waals surface area contributed by atoms with Gasteiger partial charge in [0.05, 0.1) is 30.1 Å². The van der Waals surface area contributed by atoms with E-state index in [4.69, 9.17) is 18.9 Å². The normalized spacial score (nSPS) is 10.6. The molecular formula is C27H28IN3O6. The van der Waals surface area contributed by atoms with Crippen LogP contribution in [0.3, 0.4) is 0 Å². The maximum Gasteiger partial charge on any atom is 0.271 e. The molecule has 0 fully saturated rings.